The molecule has 0 bridgehead atoms. The molecule has 19 heavy (non-hydrogen) atoms. The van der Waals surface area contributed by atoms with Crippen molar-refractivity contribution in [2.75, 3.05) is 20.3 Å². The fraction of sp³-hybridized carbons (Fsp3) is 0.385. The Morgan fingerprint density at radius 3 is 3.05 bits per heavy atom. The highest BCUT2D eigenvalue weighted by atomic mass is 16.5. The monoisotopic (exact) mass is 262 g/mol. The van der Waals surface area contributed by atoms with Crippen molar-refractivity contribution in [2.45, 2.75) is 12.3 Å². The summed E-state index contributed by atoms with van der Waals surface area (Å²) in [5.41, 5.74) is 0.469. The van der Waals surface area contributed by atoms with Crippen LogP contribution >= 0.6 is 0 Å². The standard InChI is InChI=1S/C13H14N2O4/c1-17-10-4-2-3-9(11(10)16)13-14-12(15-19-13)8-5-6-18-7-8/h2-4,8,16H,5-7H2,1H3/t8-/m1/s1. The van der Waals surface area contributed by atoms with Gasteiger partial charge >= 0.3 is 0 Å². The number of ether oxygens (including phenoxy) is 2. The Kier molecular flexibility index (Phi) is 3.08. The van der Waals surface area contributed by atoms with Gasteiger partial charge in [0.25, 0.3) is 5.89 Å². The van der Waals surface area contributed by atoms with Gasteiger partial charge in [-0.25, -0.2) is 0 Å². The highest BCUT2D eigenvalue weighted by Gasteiger charge is 2.24. The Hall–Kier alpha value is -2.08. The largest absolute Gasteiger partial charge is 0.504 e. The quantitative estimate of drug-likeness (QED) is 0.911. The van der Waals surface area contributed by atoms with E-state index in [9.17, 15) is 5.11 Å². The van der Waals surface area contributed by atoms with Crippen molar-refractivity contribution < 1.29 is 19.1 Å². The molecule has 0 saturated carbocycles. The van der Waals surface area contributed by atoms with E-state index in [1.807, 2.05) is 0 Å². The van der Waals surface area contributed by atoms with Crippen LogP contribution in [0.3, 0.4) is 0 Å². The lowest BCUT2D eigenvalue weighted by molar-refractivity contribution is 0.192. The van der Waals surface area contributed by atoms with Crippen molar-refractivity contribution >= 4 is 0 Å². The summed E-state index contributed by atoms with van der Waals surface area (Å²) < 4.78 is 15.6. The van der Waals surface area contributed by atoms with E-state index in [1.165, 1.54) is 7.11 Å². The minimum Gasteiger partial charge on any atom is -0.504 e. The van der Waals surface area contributed by atoms with Crippen LogP contribution in [0.5, 0.6) is 11.5 Å². The Balaban J connectivity index is 1.94. The zero-order chi connectivity index (χ0) is 13.2. The number of para-hydroxylation sites is 1. The number of nitrogens with zero attached hydrogens (tertiary/aromatic N) is 2. The molecule has 1 aromatic carbocycles. The third kappa shape index (κ3) is 2.15. The van der Waals surface area contributed by atoms with Crippen LogP contribution < -0.4 is 4.74 Å². The van der Waals surface area contributed by atoms with E-state index in [-0.39, 0.29) is 11.7 Å². The normalized spacial score (nSPS) is 18.7. The lowest BCUT2D eigenvalue weighted by Crippen LogP contribution is -1.99. The zero-order valence-corrected chi connectivity index (χ0v) is 10.5. The third-order valence-electron chi connectivity index (χ3n) is 3.19. The lowest BCUT2D eigenvalue weighted by atomic mass is 10.1. The van der Waals surface area contributed by atoms with Crippen LogP contribution in [-0.4, -0.2) is 35.6 Å². The summed E-state index contributed by atoms with van der Waals surface area (Å²) in [5.74, 6) is 1.46. The molecule has 0 unspecified atom stereocenters. The molecular formula is C13H14N2O4. The first-order chi connectivity index (χ1) is 9.29. The molecule has 1 N–H and O–H groups in total. The Morgan fingerprint density at radius 1 is 1.42 bits per heavy atom. The van der Waals surface area contributed by atoms with Crippen LogP contribution in [0.1, 0.15) is 18.2 Å². The van der Waals surface area contributed by atoms with Crippen molar-refractivity contribution in [3.63, 3.8) is 0 Å². The maximum Gasteiger partial charge on any atom is 0.261 e. The van der Waals surface area contributed by atoms with Gasteiger partial charge in [-0.3, -0.25) is 0 Å². The van der Waals surface area contributed by atoms with E-state index >= 15 is 0 Å². The molecule has 6 heteroatoms. The molecular weight excluding hydrogens is 248 g/mol. The van der Waals surface area contributed by atoms with Gasteiger partial charge in [-0.2, -0.15) is 4.98 Å². The minimum atomic E-state index is 0.00266. The first kappa shape index (κ1) is 12.0. The number of hydrogen-bond acceptors (Lipinski definition) is 6. The van der Waals surface area contributed by atoms with E-state index in [2.05, 4.69) is 10.1 Å². The number of rotatable bonds is 3. The summed E-state index contributed by atoms with van der Waals surface area (Å²) in [5, 5.41) is 14.0. The molecule has 0 aliphatic carbocycles. The van der Waals surface area contributed by atoms with E-state index in [1.54, 1.807) is 18.2 Å². The second kappa shape index (κ2) is 4.89. The van der Waals surface area contributed by atoms with Crippen LogP contribution in [0.25, 0.3) is 11.5 Å². The summed E-state index contributed by atoms with van der Waals surface area (Å²) in [4.78, 5) is 4.33. The molecule has 1 saturated heterocycles. The van der Waals surface area contributed by atoms with Crippen molar-refractivity contribution in [1.82, 2.24) is 10.1 Å². The molecule has 1 fully saturated rings. The predicted molar refractivity (Wildman–Crippen MR) is 66.1 cm³/mol. The summed E-state index contributed by atoms with van der Waals surface area (Å²) >= 11 is 0. The van der Waals surface area contributed by atoms with Crippen LogP contribution in [-0.2, 0) is 4.74 Å². The smallest absolute Gasteiger partial charge is 0.261 e. The lowest BCUT2D eigenvalue weighted by Gasteiger charge is -2.05. The van der Waals surface area contributed by atoms with Crippen LogP contribution in [0.2, 0.25) is 0 Å². The zero-order valence-electron chi connectivity index (χ0n) is 10.5. The van der Waals surface area contributed by atoms with E-state index in [0.717, 1.165) is 13.0 Å². The topological polar surface area (TPSA) is 77.6 Å². The summed E-state index contributed by atoms with van der Waals surface area (Å²) in [6, 6.07) is 5.14. The number of phenolic OH excluding ortho intramolecular Hbond substituents is 1. The van der Waals surface area contributed by atoms with Crippen molar-refractivity contribution in [1.29, 1.82) is 0 Å². The second-order valence-corrected chi connectivity index (χ2v) is 4.37. The Bertz CT molecular complexity index is 576. The first-order valence-electron chi connectivity index (χ1n) is 6.07. The summed E-state index contributed by atoms with van der Waals surface area (Å²) in [7, 11) is 1.49. The van der Waals surface area contributed by atoms with Crippen LogP contribution in [0.4, 0.5) is 0 Å². The maximum atomic E-state index is 10.0. The molecule has 6 nitrogen and oxygen atoms in total. The van der Waals surface area contributed by atoms with Gasteiger partial charge in [0, 0.05) is 12.5 Å². The maximum absolute atomic E-state index is 10.0. The molecule has 0 spiro atoms. The average molecular weight is 262 g/mol. The molecule has 1 aliphatic heterocycles. The molecule has 1 aliphatic rings. The second-order valence-electron chi connectivity index (χ2n) is 4.37. The van der Waals surface area contributed by atoms with Gasteiger partial charge in [0.2, 0.25) is 0 Å². The van der Waals surface area contributed by atoms with Gasteiger partial charge < -0.3 is 19.1 Å². The average Bonchev–Trinajstić information content (AvgIpc) is 3.09. The number of aromatic nitrogens is 2. The van der Waals surface area contributed by atoms with Gasteiger partial charge in [0.1, 0.15) is 0 Å². The van der Waals surface area contributed by atoms with E-state index < -0.39 is 0 Å². The van der Waals surface area contributed by atoms with Gasteiger partial charge in [0.05, 0.1) is 19.3 Å². The molecule has 0 amide bonds. The minimum absolute atomic E-state index is 0.00266. The number of methoxy groups -OCH3 is 1. The van der Waals surface area contributed by atoms with Crippen LogP contribution in [0, 0.1) is 0 Å². The summed E-state index contributed by atoms with van der Waals surface area (Å²) in [6.07, 6.45) is 0.892. The number of aromatic hydroxyl groups is 1. The van der Waals surface area contributed by atoms with Gasteiger partial charge in [-0.1, -0.05) is 11.2 Å². The van der Waals surface area contributed by atoms with E-state index in [0.29, 0.717) is 29.6 Å². The molecule has 3 rings (SSSR count). The third-order valence-corrected chi connectivity index (χ3v) is 3.19. The molecule has 1 aromatic heterocycles. The molecule has 1 atom stereocenters. The van der Waals surface area contributed by atoms with Crippen molar-refractivity contribution in [2.24, 2.45) is 0 Å². The first-order valence-corrected chi connectivity index (χ1v) is 6.07. The molecule has 2 aromatic rings. The van der Waals surface area contributed by atoms with Gasteiger partial charge in [-0.15, -0.1) is 0 Å². The molecule has 0 radical (unpaired) electrons. The van der Waals surface area contributed by atoms with Crippen molar-refractivity contribution in [3.05, 3.63) is 24.0 Å². The van der Waals surface area contributed by atoms with Gasteiger partial charge in [0.15, 0.2) is 17.3 Å². The highest BCUT2D eigenvalue weighted by molar-refractivity contribution is 5.66. The number of phenols is 1. The Labute approximate surface area is 110 Å². The van der Waals surface area contributed by atoms with E-state index in [4.69, 9.17) is 14.0 Å². The molecule has 2 heterocycles. The van der Waals surface area contributed by atoms with Gasteiger partial charge in [-0.05, 0) is 18.6 Å². The Morgan fingerprint density at radius 2 is 2.32 bits per heavy atom. The number of benzene rings is 1. The van der Waals surface area contributed by atoms with Crippen LogP contribution in [0.15, 0.2) is 22.7 Å². The van der Waals surface area contributed by atoms with Crippen molar-refractivity contribution in [3.8, 4) is 23.0 Å². The fourth-order valence-corrected chi connectivity index (χ4v) is 2.11. The molecule has 100 valence electrons. The SMILES string of the molecule is COc1cccc(-c2nc([C@@H]3CCOC3)no2)c1O. The number of hydrogen-bond donors (Lipinski definition) is 1. The fourth-order valence-electron chi connectivity index (χ4n) is 2.11. The highest BCUT2D eigenvalue weighted by Crippen LogP contribution is 2.36. The summed E-state index contributed by atoms with van der Waals surface area (Å²) in [6.45, 7) is 1.34. The predicted octanol–water partition coefficient (Wildman–Crippen LogP) is 1.95.